The monoisotopic (exact) mass is 851 g/mol. The van der Waals surface area contributed by atoms with Gasteiger partial charge in [-0.1, -0.05) is 231 Å². The fraction of sp³-hybridized carbons (Fsp3) is 0.0303. The number of anilines is 3. The van der Waals surface area contributed by atoms with Gasteiger partial charge in [0.1, 0.15) is 0 Å². The van der Waals surface area contributed by atoms with Crippen molar-refractivity contribution in [1.29, 1.82) is 0 Å². The van der Waals surface area contributed by atoms with Crippen LogP contribution in [0.5, 0.6) is 0 Å². The average Bonchev–Trinajstić information content (AvgIpc) is 3.67. The first-order valence-electron chi connectivity index (χ1n) is 23.3. The van der Waals surface area contributed by atoms with Gasteiger partial charge in [0.25, 0.3) is 0 Å². The van der Waals surface area contributed by atoms with Crippen LogP contribution in [0.25, 0.3) is 87.6 Å². The molecule has 0 saturated heterocycles. The second kappa shape index (κ2) is 15.6. The maximum atomic E-state index is 2.57. The van der Waals surface area contributed by atoms with E-state index in [0.717, 1.165) is 28.2 Å². The Bertz CT molecular complexity index is 3870. The zero-order valence-electron chi connectivity index (χ0n) is 37.2. The van der Waals surface area contributed by atoms with Gasteiger partial charge in [0.05, 0.1) is 17.1 Å². The summed E-state index contributed by atoms with van der Waals surface area (Å²) in [4.78, 5) is 2.57. The molecule has 0 heterocycles. The number of para-hydroxylation sites is 1. The normalized spacial score (nSPS) is 14.1. The summed E-state index contributed by atoms with van der Waals surface area (Å²) in [5.41, 5.74) is 16.7. The van der Waals surface area contributed by atoms with E-state index in [9.17, 15) is 0 Å². The van der Waals surface area contributed by atoms with E-state index in [-0.39, 0.29) is 5.41 Å². The second-order valence-electron chi connectivity index (χ2n) is 18.0. The number of nitrogens with zero attached hydrogens (tertiary/aromatic N) is 1. The number of hydrogen-bond acceptors (Lipinski definition) is 1. The van der Waals surface area contributed by atoms with Gasteiger partial charge in [-0.2, -0.15) is 0 Å². The molecule has 0 fully saturated rings. The molecule has 0 N–H and O–H groups in total. The van der Waals surface area contributed by atoms with Crippen LogP contribution in [0.1, 0.15) is 23.6 Å². The van der Waals surface area contributed by atoms with Crippen molar-refractivity contribution in [2.24, 2.45) is 0 Å². The maximum Gasteiger partial charge on any atom is 0.0543 e. The van der Waals surface area contributed by atoms with Crippen LogP contribution in [0.2, 0.25) is 0 Å². The van der Waals surface area contributed by atoms with Gasteiger partial charge in [0.2, 0.25) is 0 Å². The average molecular weight is 852 g/mol. The summed E-state index contributed by atoms with van der Waals surface area (Å²) in [5, 5.41) is 9.90. The molecular weight excluding hydrogens is 807 g/mol. The molecule has 314 valence electrons. The Morgan fingerprint density at radius 3 is 1.57 bits per heavy atom. The minimum Gasteiger partial charge on any atom is -0.309 e. The Morgan fingerprint density at radius 2 is 0.791 bits per heavy atom. The lowest BCUT2D eigenvalue weighted by Gasteiger charge is -2.32. The Hall–Kier alpha value is -8.52. The molecule has 0 amide bonds. The van der Waals surface area contributed by atoms with Crippen LogP contribution in [-0.4, -0.2) is 0 Å². The first-order chi connectivity index (χ1) is 33.2. The zero-order valence-corrected chi connectivity index (χ0v) is 37.2. The molecular formula is C66H45N. The molecule has 0 aliphatic heterocycles. The van der Waals surface area contributed by atoms with Crippen LogP contribution < -0.4 is 4.90 Å². The van der Waals surface area contributed by atoms with Crippen molar-refractivity contribution in [3.05, 3.63) is 271 Å². The fourth-order valence-electron chi connectivity index (χ4n) is 11.5. The predicted molar refractivity (Wildman–Crippen MR) is 285 cm³/mol. The van der Waals surface area contributed by atoms with Gasteiger partial charge in [0.15, 0.2) is 0 Å². The number of hydrogen-bond donors (Lipinski definition) is 0. The van der Waals surface area contributed by atoms with Crippen molar-refractivity contribution in [2.45, 2.75) is 12.3 Å². The summed E-state index contributed by atoms with van der Waals surface area (Å²) < 4.78 is 0. The first kappa shape index (κ1) is 38.9. The van der Waals surface area contributed by atoms with Crippen LogP contribution in [-0.2, 0) is 5.41 Å². The lowest BCUT2D eigenvalue weighted by Crippen LogP contribution is -2.22. The second-order valence-corrected chi connectivity index (χ2v) is 18.0. The predicted octanol–water partition coefficient (Wildman–Crippen LogP) is 18.1. The van der Waals surface area contributed by atoms with Gasteiger partial charge < -0.3 is 4.90 Å². The minimum atomic E-state index is -0.352. The van der Waals surface area contributed by atoms with Crippen molar-refractivity contribution >= 4 is 60.2 Å². The van der Waals surface area contributed by atoms with E-state index < -0.39 is 0 Å². The number of rotatable bonds is 7. The summed E-state index contributed by atoms with van der Waals surface area (Å²) in [6.45, 7) is 2.41. The molecule has 0 aromatic heterocycles. The van der Waals surface area contributed by atoms with Crippen molar-refractivity contribution < 1.29 is 0 Å². The van der Waals surface area contributed by atoms with E-state index in [0.29, 0.717) is 0 Å². The summed E-state index contributed by atoms with van der Waals surface area (Å²) in [5.74, 6) is 0. The highest BCUT2D eigenvalue weighted by Crippen LogP contribution is 2.58. The molecule has 12 aromatic rings. The molecule has 13 rings (SSSR count). The smallest absolute Gasteiger partial charge is 0.0543 e. The molecule has 1 heteroatoms. The standard InChI is InChI=1S/C66H45N/c1-66(48-26-9-4-10-27-48)58-34-17-15-32-56(58)65-59(66)35-20-38-62(65)67(61-37-19-33-51-49-28-12-11-21-44(49)39-42-54(51)61)60-36-18-16-29-50(60)47-40-41-53-52-30-13-14-31-55(52)63(45-22-5-2-6-23-45)64(57(53)43-47)46-24-7-3-8-25-46/h2-43H,1H3. The van der Waals surface area contributed by atoms with E-state index in [1.54, 1.807) is 0 Å². The molecule has 0 spiro atoms. The molecule has 1 atom stereocenters. The Labute approximate surface area is 391 Å². The van der Waals surface area contributed by atoms with Gasteiger partial charge in [-0.25, -0.2) is 0 Å². The SMILES string of the molecule is CC1(c2ccccc2)c2ccccc2-c2c(N(c3ccccc3-c3ccc4c(c3)c(-c3ccccc3)c(-c3ccccc3)c3ccccc34)c3cccc4c3ccc3ccccc34)cccc21. The van der Waals surface area contributed by atoms with Crippen molar-refractivity contribution in [1.82, 2.24) is 0 Å². The highest BCUT2D eigenvalue weighted by molar-refractivity contribution is 6.22. The van der Waals surface area contributed by atoms with Crippen LogP contribution in [0.4, 0.5) is 17.1 Å². The Balaban J connectivity index is 1.12. The van der Waals surface area contributed by atoms with E-state index in [1.165, 1.54) is 93.2 Å². The molecule has 0 bridgehead atoms. The third-order valence-electron chi connectivity index (χ3n) is 14.5. The summed E-state index contributed by atoms with van der Waals surface area (Å²) in [6.07, 6.45) is 0. The summed E-state index contributed by atoms with van der Waals surface area (Å²) >= 11 is 0. The largest absolute Gasteiger partial charge is 0.309 e. The van der Waals surface area contributed by atoms with Crippen LogP contribution in [0.3, 0.4) is 0 Å². The number of benzene rings is 12. The molecule has 1 nitrogen and oxygen atoms in total. The molecule has 0 radical (unpaired) electrons. The van der Waals surface area contributed by atoms with E-state index in [4.69, 9.17) is 0 Å². The lowest BCUT2D eigenvalue weighted by molar-refractivity contribution is 0.714. The third-order valence-corrected chi connectivity index (χ3v) is 14.5. The van der Waals surface area contributed by atoms with E-state index in [2.05, 4.69) is 267 Å². The van der Waals surface area contributed by atoms with Crippen LogP contribution >= 0.6 is 0 Å². The number of fused-ring (bicyclic) bond motifs is 9. The Morgan fingerprint density at radius 1 is 0.284 bits per heavy atom. The molecule has 1 aliphatic rings. The van der Waals surface area contributed by atoms with E-state index >= 15 is 0 Å². The van der Waals surface area contributed by atoms with Crippen molar-refractivity contribution in [2.75, 3.05) is 4.90 Å². The highest BCUT2D eigenvalue weighted by Gasteiger charge is 2.42. The quantitative estimate of drug-likeness (QED) is 0.144. The molecule has 67 heavy (non-hydrogen) atoms. The molecule has 0 saturated carbocycles. The summed E-state index contributed by atoms with van der Waals surface area (Å²) in [7, 11) is 0. The topological polar surface area (TPSA) is 3.24 Å². The van der Waals surface area contributed by atoms with Gasteiger partial charge in [-0.15, -0.1) is 0 Å². The van der Waals surface area contributed by atoms with Gasteiger partial charge >= 0.3 is 0 Å². The van der Waals surface area contributed by atoms with Crippen LogP contribution in [0, 0.1) is 0 Å². The van der Waals surface area contributed by atoms with Gasteiger partial charge in [0, 0.05) is 21.9 Å². The van der Waals surface area contributed by atoms with Crippen LogP contribution in [0.15, 0.2) is 255 Å². The van der Waals surface area contributed by atoms with Gasteiger partial charge in [-0.3, -0.25) is 0 Å². The maximum absolute atomic E-state index is 2.57. The molecule has 12 aromatic carbocycles. The van der Waals surface area contributed by atoms with Crippen molar-refractivity contribution in [3.63, 3.8) is 0 Å². The highest BCUT2D eigenvalue weighted by atomic mass is 15.1. The Kier molecular flexibility index (Phi) is 9.05. The summed E-state index contributed by atoms with van der Waals surface area (Å²) in [6, 6.07) is 94.3. The minimum absolute atomic E-state index is 0.352. The zero-order chi connectivity index (χ0) is 44.5. The lowest BCUT2D eigenvalue weighted by atomic mass is 9.74. The van der Waals surface area contributed by atoms with E-state index in [1.807, 2.05) is 0 Å². The van der Waals surface area contributed by atoms with Crippen molar-refractivity contribution in [3.8, 4) is 44.5 Å². The van der Waals surface area contributed by atoms with Gasteiger partial charge in [-0.05, 0) is 119 Å². The fourth-order valence-corrected chi connectivity index (χ4v) is 11.5. The molecule has 1 aliphatic carbocycles. The third kappa shape index (κ3) is 6.02. The first-order valence-corrected chi connectivity index (χ1v) is 23.3. The molecule has 1 unspecified atom stereocenters.